The summed E-state index contributed by atoms with van der Waals surface area (Å²) in [5.74, 6) is -1.54. The zero-order valence-corrected chi connectivity index (χ0v) is 23.6. The van der Waals surface area contributed by atoms with Gasteiger partial charge in [0.25, 0.3) is 10.0 Å². The van der Waals surface area contributed by atoms with Crippen LogP contribution < -0.4 is 9.64 Å². The van der Waals surface area contributed by atoms with Crippen molar-refractivity contribution in [1.29, 1.82) is 0 Å². The maximum atomic E-state index is 12.9. The van der Waals surface area contributed by atoms with Crippen LogP contribution >= 0.6 is 0 Å². The van der Waals surface area contributed by atoms with Crippen molar-refractivity contribution >= 4 is 27.4 Å². The van der Waals surface area contributed by atoms with E-state index in [1.54, 1.807) is 0 Å². The molecular weight excluding hydrogens is 492 g/mol. The summed E-state index contributed by atoms with van der Waals surface area (Å²) in [7, 11) is -3.75. The Hall–Kier alpha value is -3.07. The van der Waals surface area contributed by atoms with Gasteiger partial charge < -0.3 is 19.8 Å². The molecule has 9 heteroatoms. The quantitative estimate of drug-likeness (QED) is 0.254. The van der Waals surface area contributed by atoms with E-state index in [1.165, 1.54) is 18.2 Å². The lowest BCUT2D eigenvalue weighted by Gasteiger charge is -2.30. The van der Waals surface area contributed by atoms with Crippen molar-refractivity contribution < 1.29 is 28.2 Å². The van der Waals surface area contributed by atoms with Crippen LogP contribution in [0, 0.1) is 0 Å². The standard InChI is InChI=1S/C28H40N2O6S/c1-7-10-11-16-37(34,35)29-24(19-36-21-13-14-22(27(32)33)26(31)18-21)20-12-15-25(30(8-2)9-3)23(17-20)28(4,5)6/h12-15,17-18,31H,7-11,16,19H2,1-6H3,(H,32,33). The lowest BCUT2D eigenvalue weighted by molar-refractivity contribution is 0.0693. The van der Waals surface area contributed by atoms with Crippen LogP contribution in [0.2, 0.25) is 0 Å². The lowest BCUT2D eigenvalue weighted by atomic mass is 9.84. The zero-order valence-electron chi connectivity index (χ0n) is 22.7. The molecular formula is C28H40N2O6S. The minimum Gasteiger partial charge on any atom is -0.507 e. The van der Waals surface area contributed by atoms with E-state index in [0.29, 0.717) is 12.0 Å². The van der Waals surface area contributed by atoms with Crippen LogP contribution in [-0.4, -0.2) is 55.8 Å². The molecule has 0 radical (unpaired) electrons. The average molecular weight is 533 g/mol. The first kappa shape index (κ1) is 30.2. The Labute approximate surface area is 221 Å². The third-order valence-corrected chi connectivity index (χ3v) is 7.38. The Morgan fingerprint density at radius 2 is 1.70 bits per heavy atom. The summed E-state index contributed by atoms with van der Waals surface area (Å²) in [6.07, 6.45) is 2.21. The van der Waals surface area contributed by atoms with Gasteiger partial charge in [0.1, 0.15) is 23.7 Å². The van der Waals surface area contributed by atoms with Crippen molar-refractivity contribution in [1.82, 2.24) is 0 Å². The Morgan fingerprint density at radius 3 is 2.24 bits per heavy atom. The van der Waals surface area contributed by atoms with Crippen molar-refractivity contribution in [2.75, 3.05) is 30.3 Å². The van der Waals surface area contributed by atoms with Gasteiger partial charge in [-0.3, -0.25) is 0 Å². The predicted octanol–water partition coefficient (Wildman–Crippen LogP) is 5.62. The Balaban J connectivity index is 2.54. The van der Waals surface area contributed by atoms with Gasteiger partial charge in [0.15, 0.2) is 0 Å². The maximum Gasteiger partial charge on any atom is 0.339 e. The van der Waals surface area contributed by atoms with Gasteiger partial charge in [0, 0.05) is 30.4 Å². The number of carbonyl (C=O) groups is 1. The smallest absolute Gasteiger partial charge is 0.339 e. The van der Waals surface area contributed by atoms with Gasteiger partial charge in [-0.2, -0.15) is 4.40 Å². The van der Waals surface area contributed by atoms with Crippen LogP contribution in [-0.2, 0) is 15.4 Å². The molecule has 2 rings (SSSR count). The van der Waals surface area contributed by atoms with Crippen molar-refractivity contribution in [3.05, 3.63) is 53.1 Å². The number of aromatic hydroxyl groups is 1. The highest BCUT2D eigenvalue weighted by atomic mass is 32.2. The summed E-state index contributed by atoms with van der Waals surface area (Å²) >= 11 is 0. The normalized spacial score (nSPS) is 12.4. The molecule has 0 aliphatic carbocycles. The first-order valence-corrected chi connectivity index (χ1v) is 14.3. The van der Waals surface area contributed by atoms with Crippen LogP contribution in [0.5, 0.6) is 11.5 Å². The Bertz CT molecular complexity index is 1210. The molecule has 0 saturated heterocycles. The Kier molecular flexibility index (Phi) is 10.5. The molecule has 0 amide bonds. The molecule has 0 unspecified atom stereocenters. The lowest BCUT2D eigenvalue weighted by Crippen LogP contribution is -2.27. The number of carboxylic acid groups (broad SMARTS) is 1. The summed E-state index contributed by atoms with van der Waals surface area (Å²) in [5, 5.41) is 19.2. The molecule has 0 spiro atoms. The number of benzene rings is 2. The molecule has 8 nitrogen and oxygen atoms in total. The van der Waals surface area contributed by atoms with E-state index in [2.05, 4.69) is 43.9 Å². The number of carboxylic acids is 1. The van der Waals surface area contributed by atoms with E-state index in [4.69, 9.17) is 9.84 Å². The highest BCUT2D eigenvalue weighted by Gasteiger charge is 2.23. The fourth-order valence-corrected chi connectivity index (χ4v) is 5.15. The van der Waals surface area contributed by atoms with Gasteiger partial charge in [-0.05, 0) is 55.5 Å². The number of hydrogen-bond donors (Lipinski definition) is 2. The van der Waals surface area contributed by atoms with Crippen molar-refractivity contribution in [2.45, 2.75) is 66.2 Å². The molecule has 204 valence electrons. The molecule has 0 saturated carbocycles. The molecule has 0 heterocycles. The maximum absolute atomic E-state index is 12.9. The van der Waals surface area contributed by atoms with Crippen molar-refractivity contribution in [2.24, 2.45) is 4.40 Å². The van der Waals surface area contributed by atoms with Gasteiger partial charge in [-0.25, -0.2) is 13.2 Å². The molecule has 0 aliphatic rings. The number of sulfonamides is 1. The number of anilines is 1. The van der Waals surface area contributed by atoms with Crippen molar-refractivity contribution in [3.63, 3.8) is 0 Å². The van der Waals surface area contributed by atoms with E-state index in [9.17, 15) is 18.3 Å². The first-order chi connectivity index (χ1) is 17.3. The Morgan fingerprint density at radius 1 is 1.03 bits per heavy atom. The van der Waals surface area contributed by atoms with Crippen molar-refractivity contribution in [3.8, 4) is 11.5 Å². The number of phenols is 1. The van der Waals surface area contributed by atoms with Crippen LogP contribution in [0.25, 0.3) is 0 Å². The molecule has 0 bridgehead atoms. The number of hydrogen-bond acceptors (Lipinski definition) is 6. The summed E-state index contributed by atoms with van der Waals surface area (Å²) in [4.78, 5) is 13.4. The summed E-state index contributed by atoms with van der Waals surface area (Å²) in [6.45, 7) is 14.0. The average Bonchev–Trinajstić information content (AvgIpc) is 2.82. The molecule has 0 aliphatic heterocycles. The number of rotatable bonds is 13. The highest BCUT2D eigenvalue weighted by Crippen LogP contribution is 2.33. The molecule has 2 aromatic rings. The van der Waals surface area contributed by atoms with Crippen LogP contribution in [0.15, 0.2) is 40.8 Å². The molecule has 37 heavy (non-hydrogen) atoms. The van der Waals surface area contributed by atoms with E-state index in [-0.39, 0.29) is 34.8 Å². The van der Waals surface area contributed by atoms with Gasteiger partial charge in [-0.15, -0.1) is 0 Å². The number of unbranched alkanes of at least 4 members (excludes halogenated alkanes) is 2. The summed E-state index contributed by atoms with van der Waals surface area (Å²) < 4.78 is 35.7. The van der Waals surface area contributed by atoms with Gasteiger partial charge >= 0.3 is 5.97 Å². The van der Waals surface area contributed by atoms with Crippen LogP contribution in [0.3, 0.4) is 0 Å². The van der Waals surface area contributed by atoms with E-state index < -0.39 is 21.7 Å². The minimum atomic E-state index is -3.75. The summed E-state index contributed by atoms with van der Waals surface area (Å²) in [6, 6.07) is 9.68. The topological polar surface area (TPSA) is 117 Å². The van der Waals surface area contributed by atoms with Crippen LogP contribution in [0.1, 0.15) is 82.3 Å². The number of aromatic carboxylic acids is 1. The van der Waals surface area contributed by atoms with Gasteiger partial charge in [0.05, 0.1) is 11.5 Å². The third-order valence-electron chi connectivity index (χ3n) is 6.07. The SMILES string of the molecule is CCCCCS(=O)(=O)N=C(COc1ccc(C(=O)O)c(O)c1)c1ccc(N(CC)CC)c(C(C)(C)C)c1. The second-order valence-corrected chi connectivity index (χ2v) is 11.7. The second kappa shape index (κ2) is 12.9. The second-order valence-electron chi connectivity index (χ2n) is 9.96. The highest BCUT2D eigenvalue weighted by molar-refractivity contribution is 7.90. The monoisotopic (exact) mass is 532 g/mol. The van der Waals surface area contributed by atoms with Gasteiger partial charge in [-0.1, -0.05) is 46.6 Å². The molecule has 0 fully saturated rings. The molecule has 2 N–H and O–H groups in total. The molecule has 2 aromatic carbocycles. The number of nitrogens with zero attached hydrogens (tertiary/aromatic N) is 2. The van der Waals surface area contributed by atoms with Crippen LogP contribution in [0.4, 0.5) is 5.69 Å². The summed E-state index contributed by atoms with van der Waals surface area (Å²) in [5.41, 5.74) is 2.57. The fourth-order valence-electron chi connectivity index (χ4n) is 4.00. The van der Waals surface area contributed by atoms with Gasteiger partial charge in [0.2, 0.25) is 0 Å². The first-order valence-electron chi connectivity index (χ1n) is 12.7. The van der Waals surface area contributed by atoms with E-state index in [1.807, 2.05) is 25.1 Å². The largest absolute Gasteiger partial charge is 0.507 e. The molecule has 0 aromatic heterocycles. The van der Waals surface area contributed by atoms with E-state index in [0.717, 1.165) is 37.2 Å². The molecule has 0 atom stereocenters. The minimum absolute atomic E-state index is 0.0535. The zero-order chi connectivity index (χ0) is 27.8. The predicted molar refractivity (Wildman–Crippen MR) is 149 cm³/mol. The number of ether oxygens (including phenoxy) is 1. The third kappa shape index (κ3) is 8.49. The fraction of sp³-hybridized carbons (Fsp3) is 0.500. The van der Waals surface area contributed by atoms with E-state index >= 15 is 0 Å².